The maximum atomic E-state index is 13.5. The molecule has 0 unspecified atom stereocenters. The number of aromatic carboxylic acids is 1. The van der Waals surface area contributed by atoms with Crippen molar-refractivity contribution in [1.29, 1.82) is 0 Å². The number of halogens is 4. The van der Waals surface area contributed by atoms with Crippen molar-refractivity contribution >= 4 is 29.2 Å². The number of hydrogen-bond donors (Lipinski definition) is 1. The zero-order valence-electron chi connectivity index (χ0n) is 14.9. The lowest BCUT2D eigenvalue weighted by molar-refractivity contribution is 0.0695. The van der Waals surface area contributed by atoms with Gasteiger partial charge in [-0.05, 0) is 31.2 Å². The highest BCUT2D eigenvalue weighted by Crippen LogP contribution is 2.33. The number of pyridine rings is 1. The van der Waals surface area contributed by atoms with Crippen LogP contribution in [0.4, 0.5) is 8.78 Å². The summed E-state index contributed by atoms with van der Waals surface area (Å²) in [4.78, 5) is 24.3. The van der Waals surface area contributed by atoms with Crippen molar-refractivity contribution in [2.24, 2.45) is 0 Å². The molecule has 1 N–H and O–H groups in total. The largest absolute Gasteiger partial charge is 0.477 e. The molecule has 2 aromatic carbocycles. The second-order valence-electron chi connectivity index (χ2n) is 5.93. The van der Waals surface area contributed by atoms with Crippen LogP contribution in [0.1, 0.15) is 17.3 Å². The van der Waals surface area contributed by atoms with Gasteiger partial charge >= 0.3 is 5.97 Å². The van der Waals surface area contributed by atoms with Gasteiger partial charge in [0.2, 0.25) is 11.3 Å². The Balaban J connectivity index is 2.27. The lowest BCUT2D eigenvalue weighted by atomic mass is 10.0. The highest BCUT2D eigenvalue weighted by molar-refractivity contribution is 6.42. The molecule has 0 aliphatic carbocycles. The molecule has 1 aromatic heterocycles. The third kappa shape index (κ3) is 4.11. The molecule has 3 aromatic rings. The molecule has 0 radical (unpaired) electrons. The topological polar surface area (TPSA) is 68.5 Å². The Morgan fingerprint density at radius 2 is 1.79 bits per heavy atom. The van der Waals surface area contributed by atoms with Crippen LogP contribution < -0.4 is 10.2 Å². The molecule has 0 fully saturated rings. The molecule has 3 rings (SSSR count). The van der Waals surface area contributed by atoms with Crippen LogP contribution in [0.3, 0.4) is 0 Å². The van der Waals surface area contributed by atoms with Gasteiger partial charge in [-0.2, -0.15) is 0 Å². The maximum Gasteiger partial charge on any atom is 0.341 e. The monoisotopic (exact) mass is 439 g/mol. The normalized spacial score (nSPS) is 10.8. The molecule has 0 aliphatic rings. The van der Waals surface area contributed by atoms with Crippen LogP contribution in [-0.2, 0) is 6.54 Å². The number of carboxylic acids is 1. The van der Waals surface area contributed by atoms with E-state index in [0.29, 0.717) is 5.56 Å². The summed E-state index contributed by atoms with van der Waals surface area (Å²) in [5.41, 5.74) is -0.932. The minimum atomic E-state index is -1.43. The molecule has 0 atom stereocenters. The number of ether oxygens (including phenoxy) is 1. The fourth-order valence-corrected chi connectivity index (χ4v) is 3.13. The summed E-state index contributed by atoms with van der Waals surface area (Å²) in [6.07, 6.45) is 0. The van der Waals surface area contributed by atoms with E-state index in [1.54, 1.807) is 6.92 Å². The first-order valence-corrected chi connectivity index (χ1v) is 9.08. The first-order valence-electron chi connectivity index (χ1n) is 8.32. The van der Waals surface area contributed by atoms with Crippen LogP contribution in [-0.4, -0.2) is 15.6 Å². The van der Waals surface area contributed by atoms with Crippen molar-refractivity contribution in [3.8, 4) is 22.9 Å². The van der Waals surface area contributed by atoms with Gasteiger partial charge < -0.3 is 14.4 Å². The van der Waals surface area contributed by atoms with Gasteiger partial charge in [-0.15, -0.1) is 0 Å². The minimum absolute atomic E-state index is 0.0450. The van der Waals surface area contributed by atoms with E-state index in [2.05, 4.69) is 0 Å². The van der Waals surface area contributed by atoms with Crippen LogP contribution in [0, 0.1) is 11.6 Å². The Kier molecular flexibility index (Phi) is 5.91. The van der Waals surface area contributed by atoms with Crippen LogP contribution in [0.25, 0.3) is 11.3 Å². The van der Waals surface area contributed by atoms with E-state index in [0.717, 1.165) is 18.2 Å². The van der Waals surface area contributed by atoms with Gasteiger partial charge in [-0.3, -0.25) is 4.79 Å². The number of rotatable bonds is 5. The quantitative estimate of drug-likeness (QED) is 0.560. The fourth-order valence-electron chi connectivity index (χ4n) is 2.83. The Hall–Kier alpha value is -2.90. The predicted molar refractivity (Wildman–Crippen MR) is 105 cm³/mol. The number of aromatic nitrogens is 1. The van der Waals surface area contributed by atoms with Crippen LogP contribution in [0.15, 0.2) is 47.3 Å². The van der Waals surface area contributed by atoms with Gasteiger partial charge in [-0.25, -0.2) is 13.6 Å². The third-order valence-corrected chi connectivity index (χ3v) is 4.85. The summed E-state index contributed by atoms with van der Waals surface area (Å²) in [6.45, 7) is 1.91. The lowest BCUT2D eigenvalue weighted by Crippen LogP contribution is -2.21. The van der Waals surface area contributed by atoms with Gasteiger partial charge in [0.15, 0.2) is 11.6 Å². The molecule has 0 aliphatic heterocycles. The third-order valence-electron chi connectivity index (χ3n) is 4.11. The van der Waals surface area contributed by atoms with E-state index in [1.165, 1.54) is 28.8 Å². The first kappa shape index (κ1) is 20.8. The Labute approximate surface area is 173 Å². The fraction of sp³-hybridized carbons (Fsp3) is 0.100. The van der Waals surface area contributed by atoms with E-state index < -0.39 is 28.6 Å². The Bertz CT molecular complexity index is 1180. The van der Waals surface area contributed by atoms with Crippen molar-refractivity contribution < 1.29 is 23.4 Å². The summed E-state index contributed by atoms with van der Waals surface area (Å²) < 4.78 is 33.7. The summed E-state index contributed by atoms with van der Waals surface area (Å²) in [5, 5.41) is 10.0. The number of hydrogen-bond acceptors (Lipinski definition) is 3. The van der Waals surface area contributed by atoms with Crippen molar-refractivity contribution in [2.75, 3.05) is 0 Å². The van der Waals surface area contributed by atoms with Crippen molar-refractivity contribution in [1.82, 2.24) is 4.57 Å². The number of benzene rings is 2. The highest BCUT2D eigenvalue weighted by Gasteiger charge is 2.23. The van der Waals surface area contributed by atoms with Crippen LogP contribution >= 0.6 is 23.2 Å². The Morgan fingerprint density at radius 3 is 2.38 bits per heavy atom. The number of carboxylic acid groups (broad SMARTS) is 1. The number of carbonyl (C=O) groups is 1. The first-order chi connectivity index (χ1) is 13.7. The standard InChI is InChI=1S/C20H13Cl2F2NO4/c1-2-25-17(29-11-4-6-14(23)15(24)8-11)9-16(26)18(20(27)28)19(25)10-3-5-12(21)13(22)7-10/h3-9H,2H2,1H3,(H,27,28). The molecule has 150 valence electrons. The predicted octanol–water partition coefficient (Wildman–Crippen LogP) is 5.61. The molecule has 0 bridgehead atoms. The van der Waals surface area contributed by atoms with E-state index in [9.17, 15) is 23.5 Å². The average Bonchev–Trinajstić information content (AvgIpc) is 2.66. The van der Waals surface area contributed by atoms with E-state index in [-0.39, 0.29) is 33.9 Å². The van der Waals surface area contributed by atoms with Crippen molar-refractivity contribution in [2.45, 2.75) is 13.5 Å². The van der Waals surface area contributed by atoms with Crippen LogP contribution in [0.5, 0.6) is 11.6 Å². The van der Waals surface area contributed by atoms with Gasteiger partial charge in [-0.1, -0.05) is 29.3 Å². The molecule has 0 amide bonds. The van der Waals surface area contributed by atoms with Gasteiger partial charge in [0.25, 0.3) is 0 Å². The maximum absolute atomic E-state index is 13.5. The van der Waals surface area contributed by atoms with Crippen molar-refractivity contribution in [3.05, 3.63) is 79.9 Å². The molecule has 0 saturated heterocycles. The summed E-state index contributed by atoms with van der Waals surface area (Å²) in [5.74, 6) is -3.72. The molecule has 9 heteroatoms. The molecule has 1 heterocycles. The smallest absolute Gasteiger partial charge is 0.341 e. The summed E-state index contributed by atoms with van der Waals surface area (Å²) >= 11 is 12.0. The molecule has 5 nitrogen and oxygen atoms in total. The molecular weight excluding hydrogens is 427 g/mol. The van der Waals surface area contributed by atoms with E-state index in [1.807, 2.05) is 0 Å². The van der Waals surface area contributed by atoms with E-state index >= 15 is 0 Å². The van der Waals surface area contributed by atoms with Gasteiger partial charge in [0.05, 0.1) is 15.7 Å². The molecule has 0 spiro atoms. The van der Waals surface area contributed by atoms with E-state index in [4.69, 9.17) is 27.9 Å². The lowest BCUT2D eigenvalue weighted by Gasteiger charge is -2.20. The zero-order valence-corrected chi connectivity index (χ0v) is 16.4. The molecule has 29 heavy (non-hydrogen) atoms. The number of nitrogens with zero attached hydrogens (tertiary/aromatic N) is 1. The molecular formula is C20H13Cl2F2NO4. The second kappa shape index (κ2) is 8.23. The SMILES string of the molecule is CCn1c(Oc2ccc(F)c(F)c2)cc(=O)c(C(=O)O)c1-c1ccc(Cl)c(Cl)c1. The van der Waals surface area contributed by atoms with Gasteiger partial charge in [0.1, 0.15) is 11.3 Å². The van der Waals surface area contributed by atoms with Gasteiger partial charge in [0, 0.05) is 24.2 Å². The van der Waals surface area contributed by atoms with Crippen molar-refractivity contribution in [3.63, 3.8) is 0 Å². The molecule has 0 saturated carbocycles. The average molecular weight is 440 g/mol. The van der Waals surface area contributed by atoms with Crippen LogP contribution in [0.2, 0.25) is 10.0 Å². The zero-order chi connectivity index (χ0) is 21.3. The summed E-state index contributed by atoms with van der Waals surface area (Å²) in [7, 11) is 0. The highest BCUT2D eigenvalue weighted by atomic mass is 35.5. The minimum Gasteiger partial charge on any atom is -0.477 e. The Morgan fingerprint density at radius 1 is 1.07 bits per heavy atom. The summed E-state index contributed by atoms with van der Waals surface area (Å²) in [6, 6.07) is 8.29. The second-order valence-corrected chi connectivity index (χ2v) is 6.74.